The lowest BCUT2D eigenvalue weighted by Gasteiger charge is -2.52. The number of amides is 1. The van der Waals surface area contributed by atoms with Crippen LogP contribution >= 0.6 is 0 Å². The number of aliphatic carboxylic acids is 1. The number of hydrogen-bond acceptors (Lipinski definition) is 8. The van der Waals surface area contributed by atoms with Gasteiger partial charge in [-0.15, -0.1) is 0 Å². The van der Waals surface area contributed by atoms with Gasteiger partial charge in [-0.1, -0.05) is 32.9 Å². The molecule has 1 aromatic rings. The van der Waals surface area contributed by atoms with E-state index >= 15 is 0 Å². The second-order valence-electron chi connectivity index (χ2n) is 11.7. The van der Waals surface area contributed by atoms with Crippen LogP contribution in [0.4, 0.5) is 18.9 Å². The maximum Gasteiger partial charge on any atom is 0.534 e. The molecule has 2 aliphatic rings. The molecule has 1 aromatic carbocycles. The third-order valence-corrected chi connectivity index (χ3v) is 13.5. The Kier molecular flexibility index (Phi) is 7.75. The fraction of sp³-hybridized carbons (Fsp3) is 0.583. The number of carbonyl (C=O) groups is 2. The third kappa shape index (κ3) is 5.23. The second kappa shape index (κ2) is 9.83. The highest BCUT2D eigenvalue weighted by atomic mass is 32.2. The van der Waals surface area contributed by atoms with Crippen molar-refractivity contribution in [3.63, 3.8) is 0 Å². The van der Waals surface area contributed by atoms with E-state index in [2.05, 4.69) is 4.18 Å². The van der Waals surface area contributed by atoms with Gasteiger partial charge in [0.05, 0.1) is 28.4 Å². The summed E-state index contributed by atoms with van der Waals surface area (Å²) in [6, 6.07) is 3.78. The number of nitro groups is 1. The molecule has 0 unspecified atom stereocenters. The van der Waals surface area contributed by atoms with Crippen LogP contribution in [-0.2, 0) is 34.7 Å². The van der Waals surface area contributed by atoms with E-state index in [0.717, 1.165) is 17.0 Å². The van der Waals surface area contributed by atoms with Gasteiger partial charge in [0.15, 0.2) is 19.8 Å². The predicted octanol–water partition coefficient (Wildman–Crippen LogP) is 4.56. The number of halogens is 3. The Bertz CT molecular complexity index is 1370. The molecule has 0 aromatic heterocycles. The average molecular weight is 609 g/mol. The summed E-state index contributed by atoms with van der Waals surface area (Å²) < 4.78 is 75.1. The van der Waals surface area contributed by atoms with Crippen molar-refractivity contribution >= 4 is 36.0 Å². The largest absolute Gasteiger partial charge is 0.534 e. The summed E-state index contributed by atoms with van der Waals surface area (Å²) in [5, 5.41) is 20.7. The molecule has 1 fully saturated rings. The molecule has 11 nitrogen and oxygen atoms in total. The Balaban J connectivity index is 2.17. The van der Waals surface area contributed by atoms with Crippen molar-refractivity contribution < 1.29 is 49.8 Å². The SMILES string of the molecule is C[C@@H](O[Si](C)(C)C(C)(C)C)[C@H]1C(=O)N2C(C(=O)O)=C(OS(=O)(=O)C(F)(F)F)[C@](C)(Cc3ccc([N+](=O)[O-])cc3)[C@@H]12. The molecule has 2 aliphatic heterocycles. The lowest BCUT2D eigenvalue weighted by atomic mass is 9.67. The minimum Gasteiger partial charge on any atom is -0.476 e. The van der Waals surface area contributed by atoms with E-state index in [4.69, 9.17) is 4.43 Å². The highest BCUT2D eigenvalue weighted by Crippen LogP contribution is 2.57. The van der Waals surface area contributed by atoms with Crippen LogP contribution < -0.4 is 0 Å². The van der Waals surface area contributed by atoms with Crippen LogP contribution in [-0.4, -0.2) is 61.2 Å². The van der Waals surface area contributed by atoms with Crippen LogP contribution in [0.25, 0.3) is 0 Å². The molecular formula is C24H31F3N2O9SSi. The summed E-state index contributed by atoms with van der Waals surface area (Å²) >= 11 is 0. The van der Waals surface area contributed by atoms with Gasteiger partial charge in [0.2, 0.25) is 5.91 Å². The number of β-lactam (4-membered cyclic amide) rings is 1. The summed E-state index contributed by atoms with van der Waals surface area (Å²) in [6.07, 6.45) is -1.11. The van der Waals surface area contributed by atoms with Gasteiger partial charge in [-0.3, -0.25) is 19.8 Å². The number of non-ortho nitro benzene ring substituents is 1. The van der Waals surface area contributed by atoms with E-state index in [-0.39, 0.29) is 17.1 Å². The fourth-order valence-electron chi connectivity index (χ4n) is 4.96. The number of carboxylic acids is 1. The molecule has 1 saturated heterocycles. The van der Waals surface area contributed by atoms with Crippen LogP contribution in [0.3, 0.4) is 0 Å². The molecule has 0 spiro atoms. The van der Waals surface area contributed by atoms with Crippen LogP contribution in [0.15, 0.2) is 35.7 Å². The maximum absolute atomic E-state index is 13.4. The lowest BCUT2D eigenvalue weighted by Crippen LogP contribution is -2.67. The average Bonchev–Trinajstić information content (AvgIpc) is 2.97. The standard InChI is InChI=1S/C24H31F3N2O9SSi/c1-13(38-40(6,7)22(2,3)4)16-18-23(5,12-14-8-10-15(11-9-14)29(33)34)19(37-39(35,36)24(25,26)27)17(21(31)32)28(18)20(16)30/h8-11,13,16,18H,12H2,1-7H3,(H,31,32)/t13-,16-,18-,23-/m1/s1. The number of rotatable bonds is 9. The topological polar surface area (TPSA) is 153 Å². The second-order valence-corrected chi connectivity index (χ2v) is 18.0. The van der Waals surface area contributed by atoms with Gasteiger partial charge >= 0.3 is 21.6 Å². The molecule has 1 amide bonds. The number of nitro benzene ring substituents is 1. The van der Waals surface area contributed by atoms with Crippen LogP contribution in [0, 0.1) is 21.4 Å². The molecule has 40 heavy (non-hydrogen) atoms. The molecular weight excluding hydrogens is 577 g/mol. The first-order chi connectivity index (χ1) is 18.0. The zero-order valence-corrected chi connectivity index (χ0v) is 24.7. The highest BCUT2D eigenvalue weighted by Gasteiger charge is 2.69. The minimum atomic E-state index is -6.32. The van der Waals surface area contributed by atoms with Crippen molar-refractivity contribution in [2.45, 2.75) is 76.8 Å². The van der Waals surface area contributed by atoms with Crippen molar-refractivity contribution in [2.24, 2.45) is 11.3 Å². The smallest absolute Gasteiger partial charge is 0.476 e. The summed E-state index contributed by atoms with van der Waals surface area (Å²) in [6.45, 7) is 12.7. The number of benzene rings is 1. The highest BCUT2D eigenvalue weighted by molar-refractivity contribution is 7.87. The Labute approximate surface area is 230 Å². The zero-order valence-electron chi connectivity index (χ0n) is 22.9. The summed E-state index contributed by atoms with van der Waals surface area (Å²) in [5.74, 6) is -4.70. The Morgan fingerprint density at radius 1 is 1.23 bits per heavy atom. The first kappa shape index (κ1) is 31.5. The normalized spacial score (nSPS) is 24.4. The molecule has 0 bridgehead atoms. The zero-order chi connectivity index (χ0) is 30.8. The molecule has 0 saturated carbocycles. The van der Waals surface area contributed by atoms with Crippen molar-refractivity contribution in [2.75, 3.05) is 0 Å². The Morgan fingerprint density at radius 3 is 2.17 bits per heavy atom. The van der Waals surface area contributed by atoms with E-state index in [9.17, 15) is 46.4 Å². The molecule has 0 radical (unpaired) electrons. The molecule has 2 heterocycles. The lowest BCUT2D eigenvalue weighted by molar-refractivity contribution is -0.384. The summed E-state index contributed by atoms with van der Waals surface area (Å²) in [5.41, 5.74) is -8.65. The fourth-order valence-corrected chi connectivity index (χ4v) is 6.98. The molecule has 222 valence electrons. The van der Waals surface area contributed by atoms with Gasteiger partial charge in [0.1, 0.15) is 0 Å². The summed E-state index contributed by atoms with van der Waals surface area (Å²) in [7, 11) is -8.81. The van der Waals surface area contributed by atoms with Crippen molar-refractivity contribution in [1.82, 2.24) is 4.90 Å². The predicted molar refractivity (Wildman–Crippen MR) is 137 cm³/mol. The van der Waals surface area contributed by atoms with Crippen molar-refractivity contribution in [3.05, 3.63) is 51.4 Å². The van der Waals surface area contributed by atoms with Crippen molar-refractivity contribution in [3.8, 4) is 0 Å². The molecule has 3 rings (SSSR count). The molecule has 4 atom stereocenters. The van der Waals surface area contributed by atoms with Crippen LogP contribution in [0.1, 0.15) is 40.2 Å². The summed E-state index contributed by atoms with van der Waals surface area (Å²) in [4.78, 5) is 36.8. The monoisotopic (exact) mass is 608 g/mol. The van der Waals surface area contributed by atoms with Gasteiger partial charge < -0.3 is 13.7 Å². The number of hydrogen-bond donors (Lipinski definition) is 1. The van der Waals surface area contributed by atoms with Gasteiger partial charge in [0.25, 0.3) is 5.69 Å². The van der Waals surface area contributed by atoms with E-state index < -0.39 is 75.7 Å². The van der Waals surface area contributed by atoms with E-state index in [1.807, 2.05) is 33.9 Å². The Morgan fingerprint density at radius 2 is 1.75 bits per heavy atom. The van der Waals surface area contributed by atoms with E-state index in [1.54, 1.807) is 6.92 Å². The first-order valence-electron chi connectivity index (χ1n) is 12.2. The third-order valence-electron chi connectivity index (χ3n) is 7.96. The maximum atomic E-state index is 13.4. The van der Waals surface area contributed by atoms with Gasteiger partial charge in [-0.2, -0.15) is 21.6 Å². The van der Waals surface area contributed by atoms with Crippen LogP contribution in [0.2, 0.25) is 18.1 Å². The van der Waals surface area contributed by atoms with Gasteiger partial charge in [-0.05, 0) is 44.0 Å². The molecule has 1 N–H and O–H groups in total. The minimum absolute atomic E-state index is 0.270. The number of carbonyl (C=O) groups excluding carboxylic acids is 1. The number of nitrogens with zero attached hydrogens (tertiary/aromatic N) is 2. The quantitative estimate of drug-likeness (QED) is 0.106. The van der Waals surface area contributed by atoms with Gasteiger partial charge in [0, 0.05) is 12.1 Å². The van der Waals surface area contributed by atoms with E-state index in [1.165, 1.54) is 19.1 Å². The van der Waals surface area contributed by atoms with Gasteiger partial charge in [-0.25, -0.2) is 4.79 Å². The number of alkyl halides is 3. The molecule has 0 aliphatic carbocycles. The van der Waals surface area contributed by atoms with Crippen molar-refractivity contribution in [1.29, 1.82) is 0 Å². The first-order valence-corrected chi connectivity index (χ1v) is 16.5. The van der Waals surface area contributed by atoms with E-state index in [0.29, 0.717) is 5.56 Å². The van der Waals surface area contributed by atoms with Crippen LogP contribution in [0.5, 0.6) is 0 Å². The molecule has 16 heteroatoms. The number of carboxylic acid groups (broad SMARTS) is 1. The number of fused-ring (bicyclic) bond motifs is 1. The Hall–Kier alpha value is -2.98.